The van der Waals surface area contributed by atoms with Gasteiger partial charge in [0.15, 0.2) is 0 Å². The van der Waals surface area contributed by atoms with Crippen LogP contribution in [0.1, 0.15) is 20.3 Å². The van der Waals surface area contributed by atoms with Gasteiger partial charge in [-0.25, -0.2) is 4.79 Å². The van der Waals surface area contributed by atoms with Crippen LogP contribution in [-0.4, -0.2) is 48.6 Å². The van der Waals surface area contributed by atoms with Crippen molar-refractivity contribution in [3.8, 4) is 0 Å². The van der Waals surface area contributed by atoms with Crippen LogP contribution in [0.3, 0.4) is 0 Å². The Morgan fingerprint density at radius 3 is 2.27 bits per heavy atom. The van der Waals surface area contributed by atoms with E-state index < -0.39 is 0 Å². The molecular formula is C16H23Cl2N3O. The zero-order chi connectivity index (χ0) is 16.1. The number of urea groups is 1. The predicted octanol–water partition coefficient (Wildman–Crippen LogP) is 4.19. The van der Waals surface area contributed by atoms with Crippen LogP contribution < -0.4 is 5.32 Å². The molecule has 1 fully saturated rings. The first-order valence-corrected chi connectivity index (χ1v) is 8.44. The Morgan fingerprint density at radius 2 is 1.73 bits per heavy atom. The number of hydrogen-bond donors (Lipinski definition) is 1. The van der Waals surface area contributed by atoms with E-state index in [0.717, 1.165) is 32.7 Å². The van der Waals surface area contributed by atoms with Gasteiger partial charge >= 0.3 is 6.03 Å². The van der Waals surface area contributed by atoms with Crippen molar-refractivity contribution in [3.63, 3.8) is 0 Å². The lowest BCUT2D eigenvalue weighted by molar-refractivity contribution is 0.143. The van der Waals surface area contributed by atoms with Gasteiger partial charge in [0.2, 0.25) is 0 Å². The van der Waals surface area contributed by atoms with Gasteiger partial charge in [-0.15, -0.1) is 0 Å². The van der Waals surface area contributed by atoms with E-state index in [1.54, 1.807) is 18.2 Å². The second kappa shape index (κ2) is 8.04. The highest BCUT2D eigenvalue weighted by atomic mass is 35.5. The molecule has 0 atom stereocenters. The summed E-state index contributed by atoms with van der Waals surface area (Å²) < 4.78 is 0. The van der Waals surface area contributed by atoms with Crippen LogP contribution in [0.5, 0.6) is 0 Å². The standard InChI is InChI=1S/C16H23Cl2N3O/c1-12(2)3-4-20-5-7-21(8-6-20)16(22)19-15-10-13(17)9-14(18)11-15/h9-12H,3-8H2,1-2H3,(H,19,22). The zero-order valence-electron chi connectivity index (χ0n) is 13.1. The van der Waals surface area contributed by atoms with E-state index in [-0.39, 0.29) is 6.03 Å². The molecule has 1 saturated heterocycles. The monoisotopic (exact) mass is 343 g/mol. The fourth-order valence-electron chi connectivity index (χ4n) is 2.44. The third-order valence-electron chi connectivity index (χ3n) is 3.80. The number of hydrogen-bond acceptors (Lipinski definition) is 2. The number of rotatable bonds is 4. The molecule has 2 rings (SSSR count). The highest BCUT2D eigenvalue weighted by molar-refractivity contribution is 6.35. The SMILES string of the molecule is CC(C)CCN1CCN(C(=O)Nc2cc(Cl)cc(Cl)c2)CC1. The van der Waals surface area contributed by atoms with Crippen molar-refractivity contribution >= 4 is 34.9 Å². The molecule has 22 heavy (non-hydrogen) atoms. The van der Waals surface area contributed by atoms with Crippen LogP contribution in [0.25, 0.3) is 0 Å². The van der Waals surface area contributed by atoms with Crippen molar-refractivity contribution in [1.82, 2.24) is 9.80 Å². The van der Waals surface area contributed by atoms with Gasteiger partial charge < -0.3 is 10.2 Å². The molecule has 1 heterocycles. The van der Waals surface area contributed by atoms with Gasteiger partial charge in [-0.3, -0.25) is 4.90 Å². The summed E-state index contributed by atoms with van der Waals surface area (Å²) in [4.78, 5) is 16.5. The largest absolute Gasteiger partial charge is 0.322 e. The van der Waals surface area contributed by atoms with E-state index in [0.29, 0.717) is 21.7 Å². The molecule has 0 unspecified atom stereocenters. The lowest BCUT2D eigenvalue weighted by Gasteiger charge is -2.35. The molecule has 1 aliphatic heterocycles. The molecule has 0 saturated carbocycles. The van der Waals surface area contributed by atoms with Crippen molar-refractivity contribution in [3.05, 3.63) is 28.2 Å². The Balaban J connectivity index is 1.82. The molecule has 4 nitrogen and oxygen atoms in total. The first kappa shape index (κ1) is 17.4. The molecule has 1 aliphatic rings. The van der Waals surface area contributed by atoms with Crippen LogP contribution in [0.4, 0.5) is 10.5 Å². The number of carbonyl (C=O) groups is 1. The van der Waals surface area contributed by atoms with Crippen molar-refractivity contribution in [1.29, 1.82) is 0 Å². The fraction of sp³-hybridized carbons (Fsp3) is 0.562. The van der Waals surface area contributed by atoms with E-state index in [1.807, 2.05) is 4.90 Å². The summed E-state index contributed by atoms with van der Waals surface area (Å²) in [6.45, 7) is 8.93. The quantitative estimate of drug-likeness (QED) is 0.889. The van der Waals surface area contributed by atoms with Gasteiger partial charge in [0.05, 0.1) is 0 Å². The van der Waals surface area contributed by atoms with Crippen LogP contribution in [-0.2, 0) is 0 Å². The van der Waals surface area contributed by atoms with Gasteiger partial charge in [0.1, 0.15) is 0 Å². The number of piperazine rings is 1. The Labute approximate surface area is 142 Å². The molecule has 2 amide bonds. The van der Waals surface area contributed by atoms with Crippen LogP contribution in [0, 0.1) is 5.92 Å². The van der Waals surface area contributed by atoms with Gasteiger partial charge in [-0.05, 0) is 37.1 Å². The highest BCUT2D eigenvalue weighted by Gasteiger charge is 2.21. The Morgan fingerprint density at radius 1 is 1.14 bits per heavy atom. The van der Waals surface area contributed by atoms with Crippen molar-refractivity contribution in [2.24, 2.45) is 5.92 Å². The first-order chi connectivity index (χ1) is 10.4. The van der Waals surface area contributed by atoms with Gasteiger partial charge in [-0.2, -0.15) is 0 Å². The lowest BCUT2D eigenvalue weighted by Crippen LogP contribution is -2.50. The van der Waals surface area contributed by atoms with Gasteiger partial charge in [0, 0.05) is 41.9 Å². The summed E-state index contributed by atoms with van der Waals surface area (Å²) >= 11 is 11.9. The van der Waals surface area contributed by atoms with E-state index >= 15 is 0 Å². The number of nitrogens with one attached hydrogen (secondary N) is 1. The summed E-state index contributed by atoms with van der Waals surface area (Å²) in [5.74, 6) is 0.717. The second-order valence-corrected chi connectivity index (χ2v) is 6.97. The average molecular weight is 344 g/mol. The summed E-state index contributed by atoms with van der Waals surface area (Å²) in [5, 5.41) is 3.89. The van der Waals surface area contributed by atoms with E-state index in [9.17, 15) is 4.79 Å². The maximum atomic E-state index is 12.3. The molecule has 1 N–H and O–H groups in total. The molecule has 122 valence electrons. The number of anilines is 1. The van der Waals surface area contributed by atoms with Crippen molar-refractivity contribution < 1.29 is 4.79 Å². The topological polar surface area (TPSA) is 35.6 Å². The Kier molecular flexibility index (Phi) is 6.36. The molecule has 0 radical (unpaired) electrons. The molecule has 1 aromatic carbocycles. The third kappa shape index (κ3) is 5.34. The van der Waals surface area contributed by atoms with Crippen molar-refractivity contribution in [2.45, 2.75) is 20.3 Å². The third-order valence-corrected chi connectivity index (χ3v) is 4.23. The second-order valence-electron chi connectivity index (χ2n) is 6.10. The van der Waals surface area contributed by atoms with Gasteiger partial charge in [-0.1, -0.05) is 37.0 Å². The number of carbonyl (C=O) groups excluding carboxylic acids is 1. The normalized spacial score (nSPS) is 16.1. The smallest absolute Gasteiger partial charge is 0.321 e. The Hall–Kier alpha value is -0.970. The molecule has 0 spiro atoms. The van der Waals surface area contributed by atoms with Gasteiger partial charge in [0.25, 0.3) is 0 Å². The maximum absolute atomic E-state index is 12.3. The molecule has 0 aliphatic carbocycles. The minimum atomic E-state index is -0.0955. The predicted molar refractivity (Wildman–Crippen MR) is 92.9 cm³/mol. The molecule has 1 aromatic rings. The average Bonchev–Trinajstić information content (AvgIpc) is 2.44. The van der Waals surface area contributed by atoms with E-state index in [4.69, 9.17) is 23.2 Å². The van der Waals surface area contributed by atoms with E-state index in [2.05, 4.69) is 24.1 Å². The van der Waals surface area contributed by atoms with Crippen LogP contribution in [0.15, 0.2) is 18.2 Å². The fourth-order valence-corrected chi connectivity index (χ4v) is 2.97. The molecule has 0 bridgehead atoms. The summed E-state index contributed by atoms with van der Waals surface area (Å²) in [5.41, 5.74) is 0.629. The molecule has 6 heteroatoms. The lowest BCUT2D eigenvalue weighted by atomic mass is 10.1. The highest BCUT2D eigenvalue weighted by Crippen LogP contribution is 2.22. The number of benzene rings is 1. The van der Waals surface area contributed by atoms with E-state index in [1.165, 1.54) is 6.42 Å². The minimum Gasteiger partial charge on any atom is -0.322 e. The zero-order valence-corrected chi connectivity index (χ0v) is 14.6. The number of nitrogens with zero attached hydrogens (tertiary/aromatic N) is 2. The Bertz CT molecular complexity index is 494. The minimum absolute atomic E-state index is 0.0955. The van der Waals surface area contributed by atoms with Crippen LogP contribution in [0.2, 0.25) is 10.0 Å². The first-order valence-electron chi connectivity index (χ1n) is 7.68. The molecular weight excluding hydrogens is 321 g/mol. The maximum Gasteiger partial charge on any atom is 0.321 e. The summed E-state index contributed by atoms with van der Waals surface area (Å²) in [6, 6.07) is 4.95. The summed E-state index contributed by atoms with van der Waals surface area (Å²) in [7, 11) is 0. The number of amides is 2. The number of halogens is 2. The summed E-state index contributed by atoms with van der Waals surface area (Å²) in [6.07, 6.45) is 1.20. The van der Waals surface area contributed by atoms with Crippen molar-refractivity contribution in [2.75, 3.05) is 38.0 Å². The molecule has 0 aromatic heterocycles. The van der Waals surface area contributed by atoms with Crippen LogP contribution >= 0.6 is 23.2 Å².